The van der Waals surface area contributed by atoms with Crippen molar-refractivity contribution in [1.29, 1.82) is 0 Å². The lowest BCUT2D eigenvalue weighted by molar-refractivity contribution is 0.0725. The molecule has 1 aliphatic heterocycles. The number of hydrogen-bond acceptors (Lipinski definition) is 2. The van der Waals surface area contributed by atoms with Gasteiger partial charge in [-0.1, -0.05) is 49.7 Å². The van der Waals surface area contributed by atoms with Gasteiger partial charge in [0.25, 0.3) is 5.91 Å². The van der Waals surface area contributed by atoms with Crippen LogP contribution < -0.4 is 0 Å². The first-order valence-electron chi connectivity index (χ1n) is 9.60. The molecule has 4 rings (SSSR count). The predicted molar refractivity (Wildman–Crippen MR) is 107 cm³/mol. The summed E-state index contributed by atoms with van der Waals surface area (Å²) < 4.78 is 1.82. The first kappa shape index (κ1) is 17.5. The van der Waals surface area contributed by atoms with Gasteiger partial charge in [-0.3, -0.25) is 9.48 Å². The molecule has 3 aromatic rings. The Morgan fingerprint density at radius 3 is 2.63 bits per heavy atom. The fraction of sp³-hybridized carbons (Fsp3) is 0.304. The molecule has 1 aliphatic rings. The lowest BCUT2D eigenvalue weighted by Crippen LogP contribution is -2.38. The summed E-state index contributed by atoms with van der Waals surface area (Å²) in [5.74, 6) is 0.258. The summed E-state index contributed by atoms with van der Waals surface area (Å²) in [6, 6.07) is 16.5. The number of carbonyl (C=O) groups excluding carboxylic acids is 1. The zero-order valence-electron chi connectivity index (χ0n) is 15.9. The number of fused-ring (bicyclic) bond motifs is 1. The van der Waals surface area contributed by atoms with Crippen molar-refractivity contribution < 1.29 is 4.79 Å². The van der Waals surface area contributed by atoms with E-state index in [1.165, 1.54) is 16.7 Å². The molecule has 27 heavy (non-hydrogen) atoms. The molecule has 1 aromatic heterocycles. The number of aromatic nitrogens is 2. The Morgan fingerprint density at radius 1 is 1.15 bits per heavy atom. The molecule has 2 heterocycles. The van der Waals surface area contributed by atoms with E-state index in [0.29, 0.717) is 13.1 Å². The minimum Gasteiger partial charge on any atom is -0.333 e. The van der Waals surface area contributed by atoms with E-state index in [1.807, 2.05) is 41.0 Å². The molecule has 0 aliphatic carbocycles. The summed E-state index contributed by atoms with van der Waals surface area (Å²) in [5.41, 5.74) is 5.72. The number of benzene rings is 2. The third-order valence-corrected chi connectivity index (χ3v) is 5.35. The maximum absolute atomic E-state index is 13.2. The normalized spacial score (nSPS) is 16.2. The van der Waals surface area contributed by atoms with Gasteiger partial charge in [-0.05, 0) is 40.8 Å². The molecule has 0 radical (unpaired) electrons. The van der Waals surface area contributed by atoms with Crippen molar-refractivity contribution in [3.8, 4) is 0 Å². The SMILES string of the molecule is CCCc1ccc(C(=O)N2Cc3ccccc3C(c3cnn(C)c3)C2)cc1. The van der Waals surface area contributed by atoms with Gasteiger partial charge in [0.2, 0.25) is 0 Å². The van der Waals surface area contributed by atoms with Crippen molar-refractivity contribution in [3.05, 3.63) is 88.7 Å². The van der Waals surface area contributed by atoms with E-state index >= 15 is 0 Å². The topological polar surface area (TPSA) is 38.1 Å². The molecule has 4 heteroatoms. The van der Waals surface area contributed by atoms with Crippen LogP contribution in [-0.2, 0) is 20.0 Å². The van der Waals surface area contributed by atoms with E-state index in [0.717, 1.165) is 24.0 Å². The van der Waals surface area contributed by atoms with Gasteiger partial charge in [-0.2, -0.15) is 5.10 Å². The lowest BCUT2D eigenvalue weighted by atomic mass is 9.86. The third-order valence-electron chi connectivity index (χ3n) is 5.35. The second-order valence-electron chi connectivity index (χ2n) is 7.33. The Labute approximate surface area is 160 Å². The Kier molecular flexibility index (Phi) is 4.80. The molecular formula is C23H25N3O. The molecule has 2 aromatic carbocycles. The molecule has 0 saturated carbocycles. The van der Waals surface area contributed by atoms with Crippen molar-refractivity contribution in [2.75, 3.05) is 6.54 Å². The van der Waals surface area contributed by atoms with Gasteiger partial charge in [-0.15, -0.1) is 0 Å². The van der Waals surface area contributed by atoms with Gasteiger partial charge in [0, 0.05) is 37.8 Å². The summed E-state index contributed by atoms with van der Waals surface area (Å²) in [5, 5.41) is 4.33. The minimum atomic E-state index is 0.0986. The van der Waals surface area contributed by atoms with Crippen LogP contribution in [0.1, 0.15) is 51.9 Å². The molecule has 4 nitrogen and oxygen atoms in total. The lowest BCUT2D eigenvalue weighted by Gasteiger charge is -2.34. The minimum absolute atomic E-state index is 0.0986. The van der Waals surface area contributed by atoms with Crippen LogP contribution in [0.2, 0.25) is 0 Å². The van der Waals surface area contributed by atoms with Crippen LogP contribution in [0.25, 0.3) is 0 Å². The Bertz CT molecular complexity index is 942. The van der Waals surface area contributed by atoms with Gasteiger partial charge in [0.05, 0.1) is 6.20 Å². The highest BCUT2D eigenvalue weighted by molar-refractivity contribution is 5.94. The van der Waals surface area contributed by atoms with Crippen molar-refractivity contribution in [3.63, 3.8) is 0 Å². The van der Waals surface area contributed by atoms with E-state index < -0.39 is 0 Å². The standard InChI is InChI=1S/C23H25N3O/c1-3-6-17-9-11-18(12-10-17)23(27)26-15-19-7-4-5-8-21(19)22(16-26)20-13-24-25(2)14-20/h4-5,7-14,22H,3,6,15-16H2,1-2H3. The molecular weight excluding hydrogens is 334 g/mol. The number of rotatable bonds is 4. The summed E-state index contributed by atoms with van der Waals surface area (Å²) >= 11 is 0. The van der Waals surface area contributed by atoms with Crippen LogP contribution in [0.5, 0.6) is 0 Å². The number of amides is 1. The van der Waals surface area contributed by atoms with Crippen molar-refractivity contribution in [1.82, 2.24) is 14.7 Å². The summed E-state index contributed by atoms with van der Waals surface area (Å²) in [4.78, 5) is 15.1. The van der Waals surface area contributed by atoms with Crippen LogP contribution in [-0.4, -0.2) is 27.1 Å². The van der Waals surface area contributed by atoms with Crippen LogP contribution in [0, 0.1) is 0 Å². The molecule has 0 bridgehead atoms. The number of aryl methyl sites for hydroxylation is 2. The largest absolute Gasteiger partial charge is 0.333 e. The summed E-state index contributed by atoms with van der Waals surface area (Å²) in [6.45, 7) is 3.50. The summed E-state index contributed by atoms with van der Waals surface area (Å²) in [7, 11) is 1.93. The van der Waals surface area contributed by atoms with E-state index in [2.05, 4.69) is 48.6 Å². The zero-order valence-corrected chi connectivity index (χ0v) is 15.9. The van der Waals surface area contributed by atoms with Crippen molar-refractivity contribution in [2.24, 2.45) is 7.05 Å². The smallest absolute Gasteiger partial charge is 0.254 e. The highest BCUT2D eigenvalue weighted by Crippen LogP contribution is 2.33. The average Bonchev–Trinajstić information content (AvgIpc) is 3.13. The Hall–Kier alpha value is -2.88. The number of hydrogen-bond donors (Lipinski definition) is 0. The number of nitrogens with zero attached hydrogens (tertiary/aromatic N) is 3. The molecule has 1 unspecified atom stereocenters. The van der Waals surface area contributed by atoms with Gasteiger partial charge in [-0.25, -0.2) is 0 Å². The van der Waals surface area contributed by atoms with Gasteiger partial charge >= 0.3 is 0 Å². The molecule has 0 fully saturated rings. The molecule has 0 spiro atoms. The van der Waals surface area contributed by atoms with Crippen molar-refractivity contribution in [2.45, 2.75) is 32.2 Å². The van der Waals surface area contributed by atoms with Crippen LogP contribution in [0.4, 0.5) is 0 Å². The highest BCUT2D eigenvalue weighted by atomic mass is 16.2. The second kappa shape index (κ2) is 7.39. The maximum Gasteiger partial charge on any atom is 0.254 e. The average molecular weight is 359 g/mol. The highest BCUT2D eigenvalue weighted by Gasteiger charge is 2.30. The van der Waals surface area contributed by atoms with Crippen LogP contribution in [0.15, 0.2) is 60.9 Å². The van der Waals surface area contributed by atoms with Gasteiger partial charge in [0.1, 0.15) is 0 Å². The van der Waals surface area contributed by atoms with Crippen molar-refractivity contribution >= 4 is 5.91 Å². The van der Waals surface area contributed by atoms with Gasteiger partial charge < -0.3 is 4.90 Å². The second-order valence-corrected chi connectivity index (χ2v) is 7.33. The first-order valence-corrected chi connectivity index (χ1v) is 9.60. The van der Waals surface area contributed by atoms with Crippen LogP contribution in [0.3, 0.4) is 0 Å². The molecule has 138 valence electrons. The fourth-order valence-corrected chi connectivity index (χ4v) is 3.95. The van der Waals surface area contributed by atoms with E-state index in [1.54, 1.807) is 0 Å². The maximum atomic E-state index is 13.2. The molecule has 1 atom stereocenters. The quantitative estimate of drug-likeness (QED) is 0.701. The number of carbonyl (C=O) groups is 1. The summed E-state index contributed by atoms with van der Waals surface area (Å²) in [6.07, 6.45) is 6.13. The Morgan fingerprint density at radius 2 is 1.93 bits per heavy atom. The molecule has 0 N–H and O–H groups in total. The third kappa shape index (κ3) is 3.52. The molecule has 0 saturated heterocycles. The fourth-order valence-electron chi connectivity index (χ4n) is 3.95. The monoisotopic (exact) mass is 359 g/mol. The first-order chi connectivity index (χ1) is 13.2. The zero-order chi connectivity index (χ0) is 18.8. The van der Waals surface area contributed by atoms with E-state index in [4.69, 9.17) is 0 Å². The Balaban J connectivity index is 1.63. The van der Waals surface area contributed by atoms with Gasteiger partial charge in [0.15, 0.2) is 0 Å². The van der Waals surface area contributed by atoms with E-state index in [-0.39, 0.29) is 11.8 Å². The predicted octanol–water partition coefficient (Wildman–Crippen LogP) is 4.16. The van der Waals surface area contributed by atoms with Crippen LogP contribution >= 0.6 is 0 Å². The van der Waals surface area contributed by atoms with E-state index in [9.17, 15) is 4.79 Å². The molecule has 1 amide bonds.